The van der Waals surface area contributed by atoms with Crippen molar-refractivity contribution in [2.75, 3.05) is 7.11 Å². The standard InChI is InChI=1S/C17H14N2O4S/c1-21-13-9-7-12(8-10-13)16(20)24-17-19-18-15(23-17)11-22-14-5-3-2-4-6-14/h2-10H,11H2,1H3. The Morgan fingerprint density at radius 3 is 2.50 bits per heavy atom. The summed E-state index contributed by atoms with van der Waals surface area (Å²) >= 11 is 0.877. The van der Waals surface area contributed by atoms with Gasteiger partial charge in [-0.25, -0.2) is 0 Å². The monoisotopic (exact) mass is 342 g/mol. The molecule has 1 heterocycles. The van der Waals surface area contributed by atoms with E-state index in [9.17, 15) is 4.79 Å². The number of hydrogen-bond donors (Lipinski definition) is 0. The van der Waals surface area contributed by atoms with Gasteiger partial charge in [0, 0.05) is 17.3 Å². The molecule has 0 atom stereocenters. The van der Waals surface area contributed by atoms with Crippen molar-refractivity contribution in [3.05, 3.63) is 66.1 Å². The van der Waals surface area contributed by atoms with E-state index in [-0.39, 0.29) is 16.9 Å². The van der Waals surface area contributed by atoms with Gasteiger partial charge in [0.05, 0.1) is 7.11 Å². The van der Waals surface area contributed by atoms with Gasteiger partial charge in [-0.2, -0.15) is 0 Å². The minimum atomic E-state index is -0.183. The quantitative estimate of drug-likeness (QED) is 0.634. The molecule has 3 aromatic rings. The minimum Gasteiger partial charge on any atom is -0.497 e. The summed E-state index contributed by atoms with van der Waals surface area (Å²) in [6.07, 6.45) is 0. The summed E-state index contributed by atoms with van der Waals surface area (Å²) in [5, 5.41) is 7.72. The van der Waals surface area contributed by atoms with E-state index < -0.39 is 0 Å². The second kappa shape index (κ2) is 7.65. The molecule has 0 bridgehead atoms. The fraction of sp³-hybridized carbons (Fsp3) is 0.118. The maximum absolute atomic E-state index is 12.2. The van der Waals surface area contributed by atoms with Gasteiger partial charge in [-0.3, -0.25) is 4.79 Å². The molecule has 0 aliphatic carbocycles. The first kappa shape index (κ1) is 16.1. The molecule has 0 spiro atoms. The zero-order valence-electron chi connectivity index (χ0n) is 12.8. The summed E-state index contributed by atoms with van der Waals surface area (Å²) in [6.45, 7) is 0.147. The predicted molar refractivity (Wildman–Crippen MR) is 88.3 cm³/mol. The van der Waals surface area contributed by atoms with Crippen LogP contribution in [0, 0.1) is 0 Å². The number of carbonyl (C=O) groups excluding carboxylic acids is 1. The number of carbonyl (C=O) groups is 1. The van der Waals surface area contributed by atoms with E-state index in [1.54, 1.807) is 31.4 Å². The predicted octanol–water partition coefficient (Wildman–Crippen LogP) is 3.59. The Kier molecular flexibility index (Phi) is 5.12. The molecule has 6 nitrogen and oxygen atoms in total. The van der Waals surface area contributed by atoms with Crippen molar-refractivity contribution in [2.45, 2.75) is 11.8 Å². The lowest BCUT2D eigenvalue weighted by Crippen LogP contribution is -1.95. The highest BCUT2D eigenvalue weighted by Crippen LogP contribution is 2.23. The van der Waals surface area contributed by atoms with Crippen LogP contribution in [0.5, 0.6) is 11.5 Å². The third kappa shape index (κ3) is 4.14. The summed E-state index contributed by atoms with van der Waals surface area (Å²) < 4.78 is 16.0. The van der Waals surface area contributed by atoms with E-state index in [2.05, 4.69) is 10.2 Å². The van der Waals surface area contributed by atoms with Crippen molar-refractivity contribution in [3.63, 3.8) is 0 Å². The van der Waals surface area contributed by atoms with Gasteiger partial charge < -0.3 is 13.9 Å². The normalized spacial score (nSPS) is 10.4. The molecule has 7 heteroatoms. The average Bonchev–Trinajstić information content (AvgIpc) is 3.08. The Bertz CT molecular complexity index is 803. The molecule has 0 amide bonds. The van der Waals surface area contributed by atoms with Crippen LogP contribution in [0.2, 0.25) is 0 Å². The van der Waals surface area contributed by atoms with Crippen molar-refractivity contribution in [3.8, 4) is 11.5 Å². The highest BCUT2D eigenvalue weighted by molar-refractivity contribution is 8.14. The molecule has 0 N–H and O–H groups in total. The van der Waals surface area contributed by atoms with Crippen LogP contribution >= 0.6 is 11.8 Å². The van der Waals surface area contributed by atoms with Gasteiger partial charge in [0.25, 0.3) is 11.1 Å². The van der Waals surface area contributed by atoms with Gasteiger partial charge in [0.2, 0.25) is 5.12 Å². The molecular formula is C17H14N2O4S. The van der Waals surface area contributed by atoms with E-state index in [0.29, 0.717) is 23.0 Å². The Balaban J connectivity index is 1.57. The molecule has 0 saturated carbocycles. The van der Waals surface area contributed by atoms with Gasteiger partial charge in [-0.1, -0.05) is 18.2 Å². The maximum atomic E-state index is 12.2. The Hall–Kier alpha value is -2.80. The lowest BCUT2D eigenvalue weighted by molar-refractivity contribution is 0.108. The molecule has 0 unspecified atom stereocenters. The maximum Gasteiger partial charge on any atom is 0.284 e. The van der Waals surface area contributed by atoms with Crippen molar-refractivity contribution in [1.29, 1.82) is 0 Å². The molecule has 0 aliphatic rings. The van der Waals surface area contributed by atoms with Gasteiger partial charge >= 0.3 is 0 Å². The molecule has 0 aliphatic heterocycles. The van der Waals surface area contributed by atoms with E-state index in [1.807, 2.05) is 30.3 Å². The van der Waals surface area contributed by atoms with Crippen LogP contribution in [-0.2, 0) is 6.61 Å². The molecule has 0 fully saturated rings. The number of aromatic nitrogens is 2. The van der Waals surface area contributed by atoms with Crippen LogP contribution in [-0.4, -0.2) is 22.4 Å². The zero-order valence-corrected chi connectivity index (χ0v) is 13.7. The number of thioether (sulfide) groups is 1. The number of para-hydroxylation sites is 1. The average molecular weight is 342 g/mol. The van der Waals surface area contributed by atoms with Crippen LogP contribution in [0.3, 0.4) is 0 Å². The van der Waals surface area contributed by atoms with Crippen LogP contribution in [0.25, 0.3) is 0 Å². The lowest BCUT2D eigenvalue weighted by Gasteiger charge is -2.01. The van der Waals surface area contributed by atoms with Gasteiger partial charge in [-0.05, 0) is 36.4 Å². The fourth-order valence-electron chi connectivity index (χ4n) is 1.86. The number of rotatable bonds is 6. The zero-order chi connectivity index (χ0) is 16.8. The van der Waals surface area contributed by atoms with Crippen molar-refractivity contribution >= 4 is 16.9 Å². The third-order valence-corrected chi connectivity index (χ3v) is 3.82. The van der Waals surface area contributed by atoms with Gasteiger partial charge in [0.1, 0.15) is 11.5 Å². The Labute approximate surface area is 142 Å². The fourth-order valence-corrected chi connectivity index (χ4v) is 2.50. The molecule has 2 aromatic carbocycles. The SMILES string of the molecule is COc1ccc(C(=O)Sc2nnc(COc3ccccc3)o2)cc1. The molecule has 0 saturated heterocycles. The second-order valence-corrected chi connectivity index (χ2v) is 5.61. The summed E-state index contributed by atoms with van der Waals surface area (Å²) in [5.41, 5.74) is 0.529. The van der Waals surface area contributed by atoms with Gasteiger partial charge in [0.15, 0.2) is 6.61 Å². The van der Waals surface area contributed by atoms with E-state index >= 15 is 0 Å². The molecule has 3 rings (SSSR count). The number of ether oxygens (including phenoxy) is 2. The lowest BCUT2D eigenvalue weighted by atomic mass is 10.2. The van der Waals surface area contributed by atoms with Crippen LogP contribution < -0.4 is 9.47 Å². The summed E-state index contributed by atoms with van der Waals surface area (Å²) in [5.74, 6) is 1.71. The van der Waals surface area contributed by atoms with E-state index in [4.69, 9.17) is 13.9 Å². The van der Waals surface area contributed by atoms with Crippen LogP contribution in [0.1, 0.15) is 16.2 Å². The van der Waals surface area contributed by atoms with Gasteiger partial charge in [-0.15, -0.1) is 10.2 Å². The summed E-state index contributed by atoms with van der Waals surface area (Å²) in [6, 6.07) is 16.1. The molecule has 0 radical (unpaired) electrons. The highest BCUT2D eigenvalue weighted by Gasteiger charge is 2.14. The van der Waals surface area contributed by atoms with Crippen molar-refractivity contribution in [2.24, 2.45) is 0 Å². The minimum absolute atomic E-state index is 0.147. The van der Waals surface area contributed by atoms with Crippen LogP contribution in [0.4, 0.5) is 0 Å². The van der Waals surface area contributed by atoms with E-state index in [0.717, 1.165) is 11.8 Å². The number of methoxy groups -OCH3 is 1. The largest absolute Gasteiger partial charge is 0.497 e. The summed E-state index contributed by atoms with van der Waals surface area (Å²) in [7, 11) is 1.57. The Morgan fingerprint density at radius 1 is 1.04 bits per heavy atom. The van der Waals surface area contributed by atoms with Crippen LogP contribution in [0.15, 0.2) is 64.2 Å². The summed E-state index contributed by atoms with van der Waals surface area (Å²) in [4.78, 5) is 12.2. The number of nitrogens with zero attached hydrogens (tertiary/aromatic N) is 2. The first-order chi connectivity index (χ1) is 11.7. The molecule has 122 valence electrons. The van der Waals surface area contributed by atoms with Crippen molar-refractivity contribution in [1.82, 2.24) is 10.2 Å². The highest BCUT2D eigenvalue weighted by atomic mass is 32.2. The number of benzene rings is 2. The van der Waals surface area contributed by atoms with Crippen molar-refractivity contribution < 1.29 is 18.7 Å². The first-order valence-corrected chi connectivity index (χ1v) is 7.93. The molecule has 1 aromatic heterocycles. The molecule has 24 heavy (non-hydrogen) atoms. The molecular weight excluding hydrogens is 328 g/mol. The third-order valence-electron chi connectivity index (χ3n) is 3.06. The van der Waals surface area contributed by atoms with E-state index in [1.165, 1.54) is 0 Å². The second-order valence-electron chi connectivity index (χ2n) is 4.68. The Morgan fingerprint density at radius 2 is 1.79 bits per heavy atom. The smallest absolute Gasteiger partial charge is 0.284 e. The topological polar surface area (TPSA) is 74.5 Å². The first-order valence-electron chi connectivity index (χ1n) is 7.11. The number of hydrogen-bond acceptors (Lipinski definition) is 7.